The average molecular weight is 177 g/mol. The molecule has 13 heavy (non-hydrogen) atoms. The minimum absolute atomic E-state index is 0.417. The van der Waals surface area contributed by atoms with Crippen LogP contribution in [0, 0.1) is 0 Å². The van der Waals surface area contributed by atoms with Crippen molar-refractivity contribution in [3.63, 3.8) is 0 Å². The average Bonchev–Trinajstić information content (AvgIpc) is 2.17. The fourth-order valence-electron chi connectivity index (χ4n) is 1.51. The Balaban J connectivity index is 2.42. The molecule has 0 atom stereocenters. The van der Waals surface area contributed by atoms with Gasteiger partial charge in [0.05, 0.1) is 12.4 Å². The fourth-order valence-corrected chi connectivity index (χ4v) is 1.51. The number of para-hydroxylation sites is 1. The van der Waals surface area contributed by atoms with Gasteiger partial charge in [-0.1, -0.05) is 18.2 Å². The lowest BCUT2D eigenvalue weighted by Gasteiger charge is -2.28. The molecule has 4 nitrogen and oxygen atoms in total. The van der Waals surface area contributed by atoms with E-state index < -0.39 is 6.03 Å². The second-order valence-electron chi connectivity index (χ2n) is 2.98. The molecular weight excluding hydrogens is 166 g/mol. The second-order valence-corrected chi connectivity index (χ2v) is 2.98. The monoisotopic (exact) mass is 177 g/mol. The number of hydrogen-bond donors (Lipinski definition) is 2. The van der Waals surface area contributed by atoms with E-state index in [4.69, 9.17) is 5.73 Å². The van der Waals surface area contributed by atoms with E-state index in [-0.39, 0.29) is 0 Å². The molecule has 1 aromatic carbocycles. The molecule has 68 valence electrons. The maximum absolute atomic E-state index is 11.0. The van der Waals surface area contributed by atoms with E-state index >= 15 is 0 Å². The van der Waals surface area contributed by atoms with Crippen LogP contribution in [0.25, 0.3) is 0 Å². The van der Waals surface area contributed by atoms with Gasteiger partial charge in [-0.15, -0.1) is 0 Å². The molecule has 0 bridgehead atoms. The van der Waals surface area contributed by atoms with Crippen molar-refractivity contribution in [1.82, 2.24) is 5.32 Å². The number of nitrogens with two attached hydrogens (primary N) is 1. The second kappa shape index (κ2) is 3.06. The lowest BCUT2D eigenvalue weighted by Crippen LogP contribution is -2.45. The number of carbonyl (C=O) groups excluding carboxylic acids is 1. The van der Waals surface area contributed by atoms with Gasteiger partial charge in [-0.05, 0) is 11.6 Å². The molecule has 0 aliphatic carbocycles. The minimum Gasteiger partial charge on any atom is -0.351 e. The Bertz CT molecular complexity index is 337. The lowest BCUT2D eigenvalue weighted by atomic mass is 10.1. The van der Waals surface area contributed by atoms with E-state index in [2.05, 4.69) is 5.32 Å². The molecule has 3 N–H and O–H groups in total. The third kappa shape index (κ3) is 1.36. The number of amides is 2. The molecule has 1 aromatic rings. The maximum Gasteiger partial charge on any atom is 0.320 e. The first-order valence-corrected chi connectivity index (χ1v) is 4.14. The predicted molar refractivity (Wildman–Crippen MR) is 50.2 cm³/mol. The molecule has 2 rings (SSSR count). The van der Waals surface area contributed by atoms with Gasteiger partial charge in [0.25, 0.3) is 0 Å². The van der Waals surface area contributed by atoms with Crippen LogP contribution in [0.1, 0.15) is 5.56 Å². The molecule has 0 fully saturated rings. The van der Waals surface area contributed by atoms with Crippen molar-refractivity contribution in [3.05, 3.63) is 29.8 Å². The number of benzene rings is 1. The number of urea groups is 1. The number of carbonyl (C=O) groups is 1. The molecule has 2 amide bonds. The number of anilines is 1. The topological polar surface area (TPSA) is 58.4 Å². The van der Waals surface area contributed by atoms with Crippen LogP contribution in [0.5, 0.6) is 0 Å². The molecular formula is C9H11N3O. The van der Waals surface area contributed by atoms with Gasteiger partial charge >= 0.3 is 6.03 Å². The highest BCUT2D eigenvalue weighted by molar-refractivity contribution is 5.91. The Morgan fingerprint density at radius 1 is 1.46 bits per heavy atom. The molecule has 1 heterocycles. The van der Waals surface area contributed by atoms with Crippen LogP contribution in [-0.2, 0) is 6.54 Å². The van der Waals surface area contributed by atoms with Crippen LogP contribution < -0.4 is 16.0 Å². The van der Waals surface area contributed by atoms with Gasteiger partial charge < -0.3 is 5.73 Å². The number of primary amides is 1. The van der Waals surface area contributed by atoms with Crippen molar-refractivity contribution >= 4 is 11.7 Å². The summed E-state index contributed by atoms with van der Waals surface area (Å²) in [6, 6.07) is 7.32. The highest BCUT2D eigenvalue weighted by atomic mass is 16.2. The van der Waals surface area contributed by atoms with E-state index in [1.54, 1.807) is 0 Å². The van der Waals surface area contributed by atoms with Gasteiger partial charge in [-0.3, -0.25) is 10.2 Å². The van der Waals surface area contributed by atoms with E-state index in [1.165, 1.54) is 4.90 Å². The molecule has 4 heteroatoms. The SMILES string of the molecule is NC(=O)N1CNCc2ccccc21. The van der Waals surface area contributed by atoms with E-state index in [0.29, 0.717) is 6.67 Å². The van der Waals surface area contributed by atoms with Crippen molar-refractivity contribution in [2.75, 3.05) is 11.6 Å². The minimum atomic E-state index is -0.417. The largest absolute Gasteiger partial charge is 0.351 e. The van der Waals surface area contributed by atoms with Gasteiger partial charge in [-0.2, -0.15) is 0 Å². The third-order valence-corrected chi connectivity index (χ3v) is 2.13. The van der Waals surface area contributed by atoms with Crippen LogP contribution in [-0.4, -0.2) is 12.7 Å². The Morgan fingerprint density at radius 3 is 3.00 bits per heavy atom. The van der Waals surface area contributed by atoms with Gasteiger partial charge in [0, 0.05) is 6.54 Å². The first kappa shape index (κ1) is 8.07. The summed E-state index contributed by atoms with van der Waals surface area (Å²) in [4.78, 5) is 12.6. The Kier molecular flexibility index (Phi) is 1.90. The summed E-state index contributed by atoms with van der Waals surface area (Å²) in [6.45, 7) is 1.28. The normalized spacial score (nSPS) is 15.2. The molecule has 0 spiro atoms. The standard InChI is InChI=1S/C9H11N3O/c10-9(13)12-6-11-5-7-3-1-2-4-8(7)12/h1-4,11H,5-6H2,(H2,10,13). The van der Waals surface area contributed by atoms with Gasteiger partial charge in [-0.25, -0.2) is 4.79 Å². The molecule has 0 saturated carbocycles. The third-order valence-electron chi connectivity index (χ3n) is 2.13. The smallest absolute Gasteiger partial charge is 0.320 e. The summed E-state index contributed by atoms with van der Waals surface area (Å²) in [6.07, 6.45) is 0. The predicted octanol–water partition coefficient (Wildman–Crippen LogP) is 0.632. The number of nitrogens with one attached hydrogen (secondary N) is 1. The van der Waals surface area contributed by atoms with Gasteiger partial charge in [0.2, 0.25) is 0 Å². The van der Waals surface area contributed by atoms with Crippen LogP contribution in [0.2, 0.25) is 0 Å². The Labute approximate surface area is 76.3 Å². The summed E-state index contributed by atoms with van der Waals surface area (Å²) < 4.78 is 0. The lowest BCUT2D eigenvalue weighted by molar-refractivity contribution is 0.253. The molecule has 0 unspecified atom stereocenters. The number of nitrogens with zero attached hydrogens (tertiary/aromatic N) is 1. The van der Waals surface area contributed by atoms with Gasteiger partial charge in [0.1, 0.15) is 0 Å². The number of fused-ring (bicyclic) bond motifs is 1. The first-order valence-electron chi connectivity index (χ1n) is 4.14. The summed E-state index contributed by atoms with van der Waals surface area (Å²) in [5.74, 6) is 0. The van der Waals surface area contributed by atoms with Crippen LogP contribution in [0.15, 0.2) is 24.3 Å². The van der Waals surface area contributed by atoms with Crippen LogP contribution >= 0.6 is 0 Å². The number of rotatable bonds is 0. The highest BCUT2D eigenvalue weighted by Gasteiger charge is 2.18. The van der Waals surface area contributed by atoms with E-state index in [9.17, 15) is 4.79 Å². The Morgan fingerprint density at radius 2 is 2.23 bits per heavy atom. The zero-order valence-electron chi connectivity index (χ0n) is 7.16. The van der Waals surface area contributed by atoms with Crippen molar-refractivity contribution < 1.29 is 4.79 Å². The van der Waals surface area contributed by atoms with Crippen molar-refractivity contribution in [3.8, 4) is 0 Å². The molecule has 0 radical (unpaired) electrons. The van der Waals surface area contributed by atoms with Crippen LogP contribution in [0.4, 0.5) is 10.5 Å². The quantitative estimate of drug-likeness (QED) is 0.610. The van der Waals surface area contributed by atoms with Crippen molar-refractivity contribution in [1.29, 1.82) is 0 Å². The molecule has 0 aromatic heterocycles. The van der Waals surface area contributed by atoms with E-state index in [1.807, 2.05) is 24.3 Å². The van der Waals surface area contributed by atoms with E-state index in [0.717, 1.165) is 17.8 Å². The Hall–Kier alpha value is -1.55. The summed E-state index contributed by atoms with van der Waals surface area (Å²) in [5, 5.41) is 3.10. The fraction of sp³-hybridized carbons (Fsp3) is 0.222. The van der Waals surface area contributed by atoms with Gasteiger partial charge in [0.15, 0.2) is 0 Å². The van der Waals surface area contributed by atoms with Crippen LogP contribution in [0.3, 0.4) is 0 Å². The zero-order chi connectivity index (χ0) is 9.26. The molecule has 0 saturated heterocycles. The maximum atomic E-state index is 11.0. The highest BCUT2D eigenvalue weighted by Crippen LogP contribution is 2.22. The molecule has 1 aliphatic heterocycles. The van der Waals surface area contributed by atoms with Crippen molar-refractivity contribution in [2.24, 2.45) is 5.73 Å². The molecule has 1 aliphatic rings. The first-order chi connectivity index (χ1) is 6.29. The summed E-state index contributed by atoms with van der Waals surface area (Å²) >= 11 is 0. The zero-order valence-corrected chi connectivity index (χ0v) is 7.16. The van der Waals surface area contributed by atoms with Crippen molar-refractivity contribution in [2.45, 2.75) is 6.54 Å². The summed E-state index contributed by atoms with van der Waals surface area (Å²) in [5.41, 5.74) is 7.24. The number of hydrogen-bond acceptors (Lipinski definition) is 2. The summed E-state index contributed by atoms with van der Waals surface area (Å²) in [7, 11) is 0.